The Kier molecular flexibility index (Phi) is 3.65. The maximum atomic E-state index is 12.7. The topological polar surface area (TPSA) is 75.5 Å². The third-order valence-corrected chi connectivity index (χ3v) is 5.91. The Morgan fingerprint density at radius 3 is 2.50 bits per heavy atom. The van der Waals surface area contributed by atoms with E-state index in [1.807, 2.05) is 11.6 Å². The van der Waals surface area contributed by atoms with Crippen LogP contribution in [-0.2, 0) is 21.9 Å². The van der Waals surface area contributed by atoms with Gasteiger partial charge in [-0.05, 0) is 18.2 Å². The quantitative estimate of drug-likeness (QED) is 0.803. The lowest BCUT2D eigenvalue weighted by molar-refractivity contribution is -0.129. The lowest BCUT2D eigenvalue weighted by Gasteiger charge is -2.33. The van der Waals surface area contributed by atoms with Gasteiger partial charge in [0.25, 0.3) is 0 Å². The zero-order valence-corrected chi connectivity index (χ0v) is 13.4. The highest BCUT2D eigenvalue weighted by molar-refractivity contribution is 7.89. The van der Waals surface area contributed by atoms with Crippen LogP contribution in [0.1, 0.15) is 6.92 Å². The summed E-state index contributed by atoms with van der Waals surface area (Å²) in [6.07, 6.45) is 1.66. The van der Waals surface area contributed by atoms with Crippen LogP contribution in [0.2, 0.25) is 0 Å². The largest absolute Gasteiger partial charge is 0.340 e. The molecule has 2 heterocycles. The van der Waals surface area contributed by atoms with Gasteiger partial charge in [-0.3, -0.25) is 4.79 Å². The number of imidazole rings is 1. The van der Waals surface area contributed by atoms with Gasteiger partial charge in [-0.15, -0.1) is 0 Å². The van der Waals surface area contributed by atoms with E-state index < -0.39 is 10.0 Å². The molecule has 8 heteroatoms. The lowest BCUT2D eigenvalue weighted by Crippen LogP contribution is -2.49. The molecule has 0 bridgehead atoms. The molecule has 1 fully saturated rings. The van der Waals surface area contributed by atoms with Gasteiger partial charge in [-0.1, -0.05) is 0 Å². The summed E-state index contributed by atoms with van der Waals surface area (Å²) in [6, 6.07) is 4.97. The number of fused-ring (bicyclic) bond motifs is 1. The van der Waals surface area contributed by atoms with Crippen molar-refractivity contribution in [2.24, 2.45) is 7.05 Å². The van der Waals surface area contributed by atoms with Crippen LogP contribution in [0, 0.1) is 0 Å². The number of aromatic nitrogens is 2. The Hall–Kier alpha value is -1.93. The molecule has 118 valence electrons. The number of aryl methyl sites for hydroxylation is 1. The highest BCUT2D eigenvalue weighted by Crippen LogP contribution is 2.22. The zero-order chi connectivity index (χ0) is 15.9. The van der Waals surface area contributed by atoms with E-state index in [-0.39, 0.29) is 10.8 Å². The molecule has 0 spiro atoms. The SMILES string of the molecule is CC(=O)N1CCN(S(=O)(=O)c2ccc3c(c2)ncn3C)CC1. The summed E-state index contributed by atoms with van der Waals surface area (Å²) >= 11 is 0. The van der Waals surface area contributed by atoms with Gasteiger partial charge in [0.2, 0.25) is 15.9 Å². The second kappa shape index (κ2) is 5.36. The van der Waals surface area contributed by atoms with Gasteiger partial charge in [-0.25, -0.2) is 13.4 Å². The molecule has 0 saturated carbocycles. The first-order valence-electron chi connectivity index (χ1n) is 7.06. The molecule has 0 unspecified atom stereocenters. The fraction of sp³-hybridized carbons (Fsp3) is 0.429. The van der Waals surface area contributed by atoms with Crippen molar-refractivity contribution in [2.75, 3.05) is 26.2 Å². The smallest absolute Gasteiger partial charge is 0.243 e. The zero-order valence-electron chi connectivity index (χ0n) is 12.6. The molecule has 0 N–H and O–H groups in total. The van der Waals surface area contributed by atoms with Crippen LogP contribution in [-0.4, -0.2) is 59.3 Å². The van der Waals surface area contributed by atoms with E-state index in [9.17, 15) is 13.2 Å². The minimum Gasteiger partial charge on any atom is -0.340 e. The average Bonchev–Trinajstić information content (AvgIpc) is 2.88. The van der Waals surface area contributed by atoms with Crippen molar-refractivity contribution in [3.8, 4) is 0 Å². The van der Waals surface area contributed by atoms with Crippen LogP contribution in [0.5, 0.6) is 0 Å². The van der Waals surface area contributed by atoms with Crippen molar-refractivity contribution in [1.29, 1.82) is 0 Å². The minimum atomic E-state index is -3.55. The summed E-state index contributed by atoms with van der Waals surface area (Å²) in [5.74, 6) is -0.0213. The molecule has 0 atom stereocenters. The lowest BCUT2D eigenvalue weighted by atomic mass is 10.3. The Morgan fingerprint density at radius 2 is 1.86 bits per heavy atom. The number of piperazine rings is 1. The van der Waals surface area contributed by atoms with Crippen LogP contribution in [0.15, 0.2) is 29.4 Å². The highest BCUT2D eigenvalue weighted by Gasteiger charge is 2.29. The molecule has 7 nitrogen and oxygen atoms in total. The highest BCUT2D eigenvalue weighted by atomic mass is 32.2. The predicted molar refractivity (Wildman–Crippen MR) is 81.7 cm³/mol. The number of nitrogens with zero attached hydrogens (tertiary/aromatic N) is 4. The number of rotatable bonds is 2. The number of benzene rings is 1. The van der Waals surface area contributed by atoms with Crippen molar-refractivity contribution in [2.45, 2.75) is 11.8 Å². The van der Waals surface area contributed by atoms with Gasteiger partial charge < -0.3 is 9.47 Å². The summed E-state index contributed by atoms with van der Waals surface area (Å²) in [4.78, 5) is 17.4. The molecule has 3 rings (SSSR count). The van der Waals surface area contributed by atoms with Crippen LogP contribution < -0.4 is 0 Å². The van der Waals surface area contributed by atoms with Gasteiger partial charge in [0.05, 0.1) is 22.3 Å². The summed E-state index contributed by atoms with van der Waals surface area (Å²) in [6.45, 7) is 3.00. The first-order valence-corrected chi connectivity index (χ1v) is 8.50. The maximum Gasteiger partial charge on any atom is 0.243 e. The van der Waals surface area contributed by atoms with E-state index in [0.29, 0.717) is 31.7 Å². The monoisotopic (exact) mass is 322 g/mol. The van der Waals surface area contributed by atoms with Crippen molar-refractivity contribution in [3.63, 3.8) is 0 Å². The van der Waals surface area contributed by atoms with Crippen molar-refractivity contribution < 1.29 is 13.2 Å². The van der Waals surface area contributed by atoms with Crippen LogP contribution >= 0.6 is 0 Å². The van der Waals surface area contributed by atoms with Crippen molar-refractivity contribution in [1.82, 2.24) is 18.8 Å². The van der Waals surface area contributed by atoms with E-state index >= 15 is 0 Å². The Bertz CT molecular complexity index is 820. The molecule has 1 aliphatic rings. The van der Waals surface area contributed by atoms with E-state index in [4.69, 9.17) is 0 Å². The Balaban J connectivity index is 1.87. The summed E-state index contributed by atoms with van der Waals surface area (Å²) in [5, 5.41) is 0. The minimum absolute atomic E-state index is 0.0213. The van der Waals surface area contributed by atoms with Crippen molar-refractivity contribution in [3.05, 3.63) is 24.5 Å². The first-order chi connectivity index (χ1) is 10.4. The van der Waals surface area contributed by atoms with Gasteiger partial charge in [-0.2, -0.15) is 4.31 Å². The molecular weight excluding hydrogens is 304 g/mol. The Labute approximate surface area is 129 Å². The summed E-state index contributed by atoms with van der Waals surface area (Å²) in [7, 11) is -1.68. The average molecular weight is 322 g/mol. The fourth-order valence-electron chi connectivity index (χ4n) is 2.67. The number of carbonyl (C=O) groups is 1. The maximum absolute atomic E-state index is 12.7. The van der Waals surface area contributed by atoms with Gasteiger partial charge in [0, 0.05) is 40.2 Å². The number of hydrogen-bond donors (Lipinski definition) is 0. The molecule has 0 radical (unpaired) electrons. The number of hydrogen-bond acceptors (Lipinski definition) is 4. The standard InChI is InChI=1S/C14H18N4O3S/c1-11(19)17-5-7-18(8-6-17)22(20,21)12-3-4-14-13(9-12)15-10-16(14)2/h3-4,9-10H,5-8H2,1-2H3. The molecule has 1 aromatic heterocycles. The molecule has 2 aromatic rings. The van der Waals surface area contributed by atoms with E-state index in [2.05, 4.69) is 4.98 Å². The van der Waals surface area contributed by atoms with Gasteiger partial charge in [0.15, 0.2) is 0 Å². The molecular formula is C14H18N4O3S. The molecule has 1 aromatic carbocycles. The number of sulfonamides is 1. The molecule has 22 heavy (non-hydrogen) atoms. The molecule has 1 amide bonds. The molecule has 0 aliphatic carbocycles. The number of carbonyl (C=O) groups excluding carboxylic acids is 1. The molecule has 1 aliphatic heterocycles. The normalized spacial score (nSPS) is 17.1. The third-order valence-electron chi connectivity index (χ3n) is 4.02. The molecule has 1 saturated heterocycles. The Morgan fingerprint density at radius 1 is 1.18 bits per heavy atom. The van der Waals surface area contributed by atoms with E-state index in [1.165, 1.54) is 11.2 Å². The first kappa shape index (κ1) is 15.0. The van der Waals surface area contributed by atoms with Gasteiger partial charge >= 0.3 is 0 Å². The predicted octanol–water partition coefficient (Wildman–Crippen LogP) is 0.426. The second-order valence-corrected chi connectivity index (χ2v) is 7.35. The van der Waals surface area contributed by atoms with E-state index in [0.717, 1.165) is 5.52 Å². The fourth-order valence-corrected chi connectivity index (χ4v) is 4.11. The summed E-state index contributed by atoms with van der Waals surface area (Å²) in [5.41, 5.74) is 1.55. The van der Waals surface area contributed by atoms with Crippen LogP contribution in [0.3, 0.4) is 0 Å². The summed E-state index contributed by atoms with van der Waals surface area (Å²) < 4.78 is 28.7. The van der Waals surface area contributed by atoms with Crippen molar-refractivity contribution >= 4 is 27.0 Å². The van der Waals surface area contributed by atoms with Crippen LogP contribution in [0.4, 0.5) is 0 Å². The third kappa shape index (κ3) is 2.48. The second-order valence-electron chi connectivity index (χ2n) is 5.42. The van der Waals surface area contributed by atoms with Crippen LogP contribution in [0.25, 0.3) is 11.0 Å². The number of amides is 1. The van der Waals surface area contributed by atoms with Gasteiger partial charge in [0.1, 0.15) is 0 Å². The van der Waals surface area contributed by atoms with E-state index in [1.54, 1.807) is 29.4 Å².